The highest BCUT2D eigenvalue weighted by Crippen LogP contribution is 2.40. The number of nitrogens with one attached hydrogen (secondary N) is 2. The Balaban J connectivity index is 1.53. The Labute approximate surface area is 225 Å². The van der Waals surface area contributed by atoms with Crippen LogP contribution in [0.15, 0.2) is 41.0 Å². The molecule has 1 fully saturated rings. The normalized spacial score (nSPS) is 19.5. The molecule has 4 rings (SSSR count). The number of carbonyl (C=O) groups is 3. The zero-order chi connectivity index (χ0) is 27.6. The predicted octanol–water partition coefficient (Wildman–Crippen LogP) is -1.04. The van der Waals surface area contributed by atoms with Crippen LogP contribution in [0.2, 0.25) is 0 Å². The van der Waals surface area contributed by atoms with Gasteiger partial charge in [0.15, 0.2) is 24.1 Å². The largest absolute Gasteiger partial charge is 0.477 e. The van der Waals surface area contributed by atoms with E-state index in [9.17, 15) is 27.9 Å². The van der Waals surface area contributed by atoms with Crippen LogP contribution < -0.4 is 20.3 Å². The van der Waals surface area contributed by atoms with Crippen molar-refractivity contribution in [2.75, 3.05) is 29.1 Å². The third-order valence-corrected chi connectivity index (χ3v) is 7.71. The molecule has 0 spiro atoms. The number of aliphatic carboxylic acids is 1. The van der Waals surface area contributed by atoms with E-state index in [0.29, 0.717) is 11.3 Å². The maximum Gasteiger partial charge on any atom is 0.352 e. The molecule has 18 heteroatoms. The van der Waals surface area contributed by atoms with Crippen LogP contribution in [0.3, 0.4) is 0 Å². The van der Waals surface area contributed by atoms with Crippen molar-refractivity contribution in [3.8, 4) is 0 Å². The number of oxime groups is 1. The van der Waals surface area contributed by atoms with Gasteiger partial charge in [-0.3, -0.25) is 19.2 Å². The highest BCUT2D eigenvalue weighted by Gasteiger charge is 2.54. The van der Waals surface area contributed by atoms with Crippen molar-refractivity contribution >= 4 is 67.6 Å². The zero-order valence-electron chi connectivity index (χ0n) is 20.0. The molecule has 4 heterocycles. The maximum atomic E-state index is 13.0. The standard InChI is InChI=1S/C20H22N8O7S3/c1-3-35-24-12(15-23-20(21)37-25-15)16(29)22-13-17(30)28-14(19(31)32)10(9-36-18(13)28)7-27-6-4-5-11(8-27)26-38(2,33)34/h4-6,8,13,18,26H,3,7,9H2,1-2H3,(H3-,21,22,23,25,29,31,32)/p+1/b24-12-/t13?,18-/m1/s1. The molecule has 2 aliphatic heterocycles. The molecule has 2 aliphatic rings. The smallest absolute Gasteiger partial charge is 0.352 e. The van der Waals surface area contributed by atoms with Gasteiger partial charge in [0.1, 0.15) is 29.4 Å². The molecule has 0 bridgehead atoms. The number of β-lactam (4-membered cyclic amide) rings is 1. The number of thioether (sulfide) groups is 1. The Bertz CT molecular complexity index is 1460. The number of pyridine rings is 1. The van der Waals surface area contributed by atoms with E-state index >= 15 is 0 Å². The van der Waals surface area contributed by atoms with E-state index in [1.165, 1.54) is 18.0 Å². The number of aromatic nitrogens is 3. The van der Waals surface area contributed by atoms with Gasteiger partial charge in [-0.2, -0.15) is 13.9 Å². The van der Waals surface area contributed by atoms with Crippen molar-refractivity contribution in [3.63, 3.8) is 0 Å². The van der Waals surface area contributed by atoms with Gasteiger partial charge in [-0.1, -0.05) is 5.16 Å². The van der Waals surface area contributed by atoms with Gasteiger partial charge in [0.2, 0.25) is 21.6 Å². The number of sulfonamides is 1. The molecule has 0 saturated carbocycles. The van der Waals surface area contributed by atoms with Gasteiger partial charge < -0.3 is 21.0 Å². The first-order valence-corrected chi connectivity index (χ1v) is 14.7. The van der Waals surface area contributed by atoms with Crippen LogP contribution in [0.4, 0.5) is 10.8 Å². The second kappa shape index (κ2) is 10.9. The second-order valence-corrected chi connectivity index (χ2v) is 11.7. The quantitative estimate of drug-likeness (QED) is 0.115. The zero-order valence-corrected chi connectivity index (χ0v) is 22.5. The summed E-state index contributed by atoms with van der Waals surface area (Å²) in [5.41, 5.74) is 5.90. The van der Waals surface area contributed by atoms with Crippen LogP contribution in [-0.2, 0) is 35.8 Å². The molecule has 2 aromatic rings. The van der Waals surface area contributed by atoms with Crippen LogP contribution in [0.1, 0.15) is 12.7 Å². The lowest BCUT2D eigenvalue weighted by Crippen LogP contribution is -2.71. The number of nitrogen functional groups attached to an aromatic ring is 1. The summed E-state index contributed by atoms with van der Waals surface area (Å²) >= 11 is 2.15. The number of nitrogens with zero attached hydrogens (tertiary/aromatic N) is 5. The number of anilines is 2. The van der Waals surface area contributed by atoms with E-state index in [0.717, 1.165) is 22.7 Å². The number of carbonyl (C=O) groups excluding carboxylic acids is 2. The van der Waals surface area contributed by atoms with Crippen LogP contribution >= 0.6 is 23.3 Å². The molecular weight excluding hydrogens is 560 g/mol. The summed E-state index contributed by atoms with van der Waals surface area (Å²) in [4.78, 5) is 48.2. The Hall–Kier alpha value is -3.77. The molecule has 38 heavy (non-hydrogen) atoms. The third kappa shape index (κ3) is 5.86. The van der Waals surface area contributed by atoms with Gasteiger partial charge in [-0.25, -0.2) is 13.2 Å². The number of fused-ring (bicyclic) bond motifs is 1. The predicted molar refractivity (Wildman–Crippen MR) is 137 cm³/mol. The molecule has 202 valence electrons. The number of hydrogen-bond acceptors (Lipinski definition) is 12. The number of carboxylic acid groups (broad SMARTS) is 1. The Kier molecular flexibility index (Phi) is 7.83. The van der Waals surface area contributed by atoms with Crippen molar-refractivity contribution in [3.05, 3.63) is 41.6 Å². The minimum absolute atomic E-state index is 0.0589. The fourth-order valence-electron chi connectivity index (χ4n) is 3.77. The maximum absolute atomic E-state index is 13.0. The highest BCUT2D eigenvalue weighted by molar-refractivity contribution is 8.00. The average Bonchev–Trinajstić information content (AvgIpc) is 3.27. The van der Waals surface area contributed by atoms with E-state index in [4.69, 9.17) is 10.6 Å². The fraction of sp³-hybridized carbons (Fsp3) is 0.350. The summed E-state index contributed by atoms with van der Waals surface area (Å²) in [5, 5.41) is 15.7. The SMILES string of the molecule is CCO/N=C(\C(=O)NC1C(=O)N2C(C(=O)O)=C(C[n+]3cccc(NS(C)(=O)=O)c3)CS[C@H]12)c1nsc(N)n1. The molecule has 15 nitrogen and oxygen atoms in total. The van der Waals surface area contributed by atoms with Crippen LogP contribution in [0.25, 0.3) is 0 Å². The Morgan fingerprint density at radius 3 is 2.82 bits per heavy atom. The van der Waals surface area contributed by atoms with Crippen LogP contribution in [0.5, 0.6) is 0 Å². The fourth-order valence-corrected chi connectivity index (χ4v) is 6.09. The number of rotatable bonds is 10. The second-order valence-electron chi connectivity index (χ2n) is 8.07. The van der Waals surface area contributed by atoms with Crippen molar-refractivity contribution in [1.29, 1.82) is 0 Å². The molecule has 0 aliphatic carbocycles. The summed E-state index contributed by atoms with van der Waals surface area (Å²) in [5.74, 6) is -2.48. The Morgan fingerprint density at radius 1 is 1.42 bits per heavy atom. The van der Waals surface area contributed by atoms with Crippen LogP contribution in [-0.4, -0.2) is 81.3 Å². The first-order valence-electron chi connectivity index (χ1n) is 11.0. The van der Waals surface area contributed by atoms with Gasteiger partial charge in [0.05, 0.1) is 6.26 Å². The lowest BCUT2D eigenvalue weighted by atomic mass is 10.0. The van der Waals surface area contributed by atoms with Crippen LogP contribution in [0, 0.1) is 0 Å². The summed E-state index contributed by atoms with van der Waals surface area (Å²) in [7, 11) is -3.50. The topological polar surface area (TPSA) is 210 Å². The lowest BCUT2D eigenvalue weighted by Gasteiger charge is -2.49. The van der Waals surface area contributed by atoms with Gasteiger partial charge in [0.25, 0.3) is 11.8 Å². The van der Waals surface area contributed by atoms with Crippen molar-refractivity contribution in [2.45, 2.75) is 24.9 Å². The molecule has 2 amide bonds. The van der Waals surface area contributed by atoms with Gasteiger partial charge in [-0.05, 0) is 13.0 Å². The molecule has 5 N–H and O–H groups in total. The number of nitrogens with two attached hydrogens (primary N) is 1. The molecular formula is C20H23N8O7S3+. The van der Waals surface area contributed by atoms with E-state index < -0.39 is 39.2 Å². The summed E-state index contributed by atoms with van der Waals surface area (Å²) in [6.45, 7) is 1.94. The van der Waals surface area contributed by atoms with Crippen molar-refractivity contribution in [2.24, 2.45) is 5.16 Å². The minimum atomic E-state index is -3.50. The van der Waals surface area contributed by atoms with Gasteiger partial charge in [-0.15, -0.1) is 11.8 Å². The molecule has 0 aromatic carbocycles. The van der Waals surface area contributed by atoms with E-state index in [-0.39, 0.29) is 41.3 Å². The first kappa shape index (κ1) is 27.3. The van der Waals surface area contributed by atoms with Crippen molar-refractivity contribution in [1.82, 2.24) is 19.6 Å². The molecule has 2 atom stereocenters. The number of amides is 2. The summed E-state index contributed by atoms with van der Waals surface area (Å²) in [6.07, 6.45) is 4.19. The first-order chi connectivity index (χ1) is 18.0. The monoisotopic (exact) mass is 583 g/mol. The number of hydrogen-bond donors (Lipinski definition) is 4. The third-order valence-electron chi connectivity index (χ3n) is 5.22. The average molecular weight is 584 g/mol. The van der Waals surface area contributed by atoms with Crippen molar-refractivity contribution < 1.29 is 37.3 Å². The molecule has 1 saturated heterocycles. The van der Waals surface area contributed by atoms with E-state index in [2.05, 4.69) is 24.6 Å². The van der Waals surface area contributed by atoms with E-state index in [1.54, 1.807) is 29.8 Å². The van der Waals surface area contributed by atoms with Gasteiger partial charge >= 0.3 is 5.97 Å². The highest BCUT2D eigenvalue weighted by atomic mass is 32.2. The lowest BCUT2D eigenvalue weighted by molar-refractivity contribution is -0.688. The van der Waals surface area contributed by atoms with E-state index in [1.807, 2.05) is 0 Å². The Morgan fingerprint density at radius 2 is 2.18 bits per heavy atom. The molecule has 0 radical (unpaired) electrons. The molecule has 1 unspecified atom stereocenters. The summed E-state index contributed by atoms with van der Waals surface area (Å²) in [6, 6.07) is 2.15. The molecule has 2 aromatic heterocycles. The number of carboxylic acids is 1. The minimum Gasteiger partial charge on any atom is -0.477 e. The summed E-state index contributed by atoms with van der Waals surface area (Å²) < 4.78 is 31.0. The van der Waals surface area contributed by atoms with Gasteiger partial charge in [0, 0.05) is 28.9 Å².